The van der Waals surface area contributed by atoms with Crippen LogP contribution in [-0.4, -0.2) is 37.0 Å². The van der Waals surface area contributed by atoms with Gasteiger partial charge in [0.25, 0.3) is 5.69 Å². The van der Waals surface area contributed by atoms with Gasteiger partial charge in [0.1, 0.15) is 0 Å². The van der Waals surface area contributed by atoms with Crippen LogP contribution >= 0.6 is 0 Å². The number of carbonyl (C=O) groups excluding carboxylic acids is 2. The summed E-state index contributed by atoms with van der Waals surface area (Å²) in [5.41, 5.74) is -0.0955. The van der Waals surface area contributed by atoms with Crippen molar-refractivity contribution >= 4 is 17.3 Å². The lowest BCUT2D eigenvalue weighted by molar-refractivity contribution is -0.384. The Balaban J connectivity index is 2.81. The molecule has 0 radical (unpaired) electrons. The van der Waals surface area contributed by atoms with Gasteiger partial charge in [-0.3, -0.25) is 19.7 Å². The predicted molar refractivity (Wildman–Crippen MR) is 64.9 cm³/mol. The summed E-state index contributed by atoms with van der Waals surface area (Å²) < 4.78 is 9.46. The molecule has 0 amide bonds. The van der Waals surface area contributed by atoms with Crippen molar-refractivity contribution < 1.29 is 24.0 Å². The molecule has 7 nitrogen and oxygen atoms in total. The molecule has 102 valence electrons. The van der Waals surface area contributed by atoms with Gasteiger partial charge >= 0.3 is 0 Å². The highest BCUT2D eigenvalue weighted by molar-refractivity contribution is 6.09. The molecule has 0 heterocycles. The smallest absolute Gasteiger partial charge is 0.270 e. The standard InChI is InChI=1S/C12H13NO6/c1-18-12(19-2)11(15)7-10(14)8-4-3-5-9(6-8)13(16)17/h3-6,12H,7H2,1-2H3. The van der Waals surface area contributed by atoms with Crippen molar-refractivity contribution in [2.45, 2.75) is 12.7 Å². The number of nitrogens with zero attached hydrogens (tertiary/aromatic N) is 1. The fraction of sp³-hybridized carbons (Fsp3) is 0.333. The maximum atomic E-state index is 11.8. The van der Waals surface area contributed by atoms with E-state index in [2.05, 4.69) is 0 Å². The van der Waals surface area contributed by atoms with E-state index in [4.69, 9.17) is 9.47 Å². The van der Waals surface area contributed by atoms with Crippen LogP contribution in [0.2, 0.25) is 0 Å². The summed E-state index contributed by atoms with van der Waals surface area (Å²) in [6.45, 7) is 0. The molecule has 0 aliphatic carbocycles. The fourth-order valence-electron chi connectivity index (χ4n) is 1.50. The average Bonchev–Trinajstić information content (AvgIpc) is 2.40. The predicted octanol–water partition coefficient (Wildman–Crippen LogP) is 1.36. The molecule has 7 heteroatoms. The minimum Gasteiger partial charge on any atom is -0.349 e. The van der Waals surface area contributed by atoms with Crippen LogP contribution in [0.5, 0.6) is 0 Å². The van der Waals surface area contributed by atoms with E-state index in [1.54, 1.807) is 0 Å². The molecule has 0 atom stereocenters. The van der Waals surface area contributed by atoms with E-state index >= 15 is 0 Å². The van der Waals surface area contributed by atoms with E-state index in [1.807, 2.05) is 0 Å². The van der Waals surface area contributed by atoms with Crippen molar-refractivity contribution in [2.24, 2.45) is 0 Å². The summed E-state index contributed by atoms with van der Waals surface area (Å²) in [6.07, 6.45) is -1.55. The number of carbonyl (C=O) groups is 2. The van der Waals surface area contributed by atoms with Crippen molar-refractivity contribution in [1.29, 1.82) is 0 Å². The normalized spacial score (nSPS) is 10.5. The van der Waals surface area contributed by atoms with Crippen LogP contribution in [0.3, 0.4) is 0 Å². The van der Waals surface area contributed by atoms with Crippen molar-refractivity contribution in [3.63, 3.8) is 0 Å². The van der Waals surface area contributed by atoms with Gasteiger partial charge in [0, 0.05) is 31.9 Å². The molecule has 0 aromatic heterocycles. The van der Waals surface area contributed by atoms with E-state index in [-0.39, 0.29) is 11.3 Å². The first-order valence-electron chi connectivity index (χ1n) is 5.35. The molecular formula is C12H13NO6. The van der Waals surface area contributed by atoms with Gasteiger partial charge < -0.3 is 9.47 Å². The van der Waals surface area contributed by atoms with Gasteiger partial charge in [0.15, 0.2) is 11.6 Å². The number of nitro groups is 1. The van der Waals surface area contributed by atoms with Gasteiger partial charge in [-0.15, -0.1) is 0 Å². The van der Waals surface area contributed by atoms with Crippen LogP contribution in [0, 0.1) is 10.1 Å². The lowest BCUT2D eigenvalue weighted by Crippen LogP contribution is -2.27. The summed E-state index contributed by atoms with van der Waals surface area (Å²) in [5.74, 6) is -1.06. The van der Waals surface area contributed by atoms with Crippen LogP contribution < -0.4 is 0 Å². The fourth-order valence-corrected chi connectivity index (χ4v) is 1.50. The minimum atomic E-state index is -1.11. The number of Topliss-reactive ketones (excluding diaryl/α,β-unsaturated/α-hetero) is 2. The second-order valence-electron chi connectivity index (χ2n) is 3.68. The first-order chi connectivity index (χ1) is 8.99. The Morgan fingerprint density at radius 2 is 1.95 bits per heavy atom. The summed E-state index contributed by atoms with van der Waals surface area (Å²) in [4.78, 5) is 33.4. The number of rotatable bonds is 7. The van der Waals surface area contributed by atoms with E-state index < -0.39 is 29.2 Å². The van der Waals surface area contributed by atoms with Crippen LogP contribution in [0.4, 0.5) is 5.69 Å². The molecular weight excluding hydrogens is 254 g/mol. The molecule has 0 unspecified atom stereocenters. The van der Waals surface area contributed by atoms with Gasteiger partial charge in [0.05, 0.1) is 11.3 Å². The zero-order chi connectivity index (χ0) is 14.4. The van der Waals surface area contributed by atoms with Gasteiger partial charge in [-0.2, -0.15) is 0 Å². The molecule has 1 rings (SSSR count). The second-order valence-corrected chi connectivity index (χ2v) is 3.68. The minimum absolute atomic E-state index is 0.105. The summed E-state index contributed by atoms with van der Waals surface area (Å²) in [7, 11) is 2.56. The van der Waals surface area contributed by atoms with Gasteiger partial charge in [-0.25, -0.2) is 0 Å². The quantitative estimate of drug-likeness (QED) is 0.243. The average molecular weight is 267 g/mol. The highest BCUT2D eigenvalue weighted by atomic mass is 16.7. The van der Waals surface area contributed by atoms with Crippen LogP contribution in [-0.2, 0) is 14.3 Å². The number of hydrogen-bond donors (Lipinski definition) is 0. The molecule has 0 fully saturated rings. The third-order valence-corrected chi connectivity index (χ3v) is 2.40. The number of benzene rings is 1. The maximum Gasteiger partial charge on any atom is 0.270 e. The SMILES string of the molecule is COC(OC)C(=O)CC(=O)c1cccc([N+](=O)[O-])c1. The van der Waals surface area contributed by atoms with E-state index in [0.717, 1.165) is 6.07 Å². The largest absolute Gasteiger partial charge is 0.349 e. The molecule has 0 aliphatic rings. The first-order valence-corrected chi connectivity index (χ1v) is 5.35. The summed E-state index contributed by atoms with van der Waals surface area (Å²) in [6, 6.07) is 5.20. The molecule has 0 saturated heterocycles. The van der Waals surface area contributed by atoms with Gasteiger partial charge in [-0.1, -0.05) is 12.1 Å². The summed E-state index contributed by atoms with van der Waals surface area (Å²) >= 11 is 0. The zero-order valence-corrected chi connectivity index (χ0v) is 10.5. The molecule has 1 aromatic rings. The Kier molecular flexibility index (Phi) is 5.28. The highest BCUT2D eigenvalue weighted by Crippen LogP contribution is 2.15. The number of ether oxygens (including phenoxy) is 2. The molecule has 0 bridgehead atoms. The lowest BCUT2D eigenvalue weighted by atomic mass is 10.1. The van der Waals surface area contributed by atoms with Gasteiger partial charge in [0.2, 0.25) is 6.29 Å². The molecule has 1 aromatic carbocycles. The van der Waals surface area contributed by atoms with Crippen LogP contribution in [0.1, 0.15) is 16.8 Å². The van der Waals surface area contributed by atoms with E-state index in [9.17, 15) is 19.7 Å². The molecule has 0 spiro atoms. The van der Waals surface area contributed by atoms with Crippen molar-refractivity contribution in [3.05, 3.63) is 39.9 Å². The molecule has 0 saturated carbocycles. The Labute approximate surface area is 109 Å². The number of methoxy groups -OCH3 is 2. The highest BCUT2D eigenvalue weighted by Gasteiger charge is 2.21. The van der Waals surface area contributed by atoms with E-state index in [0.29, 0.717) is 0 Å². The lowest BCUT2D eigenvalue weighted by Gasteiger charge is -2.11. The first kappa shape index (κ1) is 14.9. The number of hydrogen-bond acceptors (Lipinski definition) is 6. The third-order valence-electron chi connectivity index (χ3n) is 2.40. The van der Waals surface area contributed by atoms with Crippen molar-refractivity contribution in [3.8, 4) is 0 Å². The Morgan fingerprint density at radius 1 is 1.32 bits per heavy atom. The monoisotopic (exact) mass is 267 g/mol. The Bertz CT molecular complexity index is 495. The zero-order valence-electron chi connectivity index (χ0n) is 10.5. The Morgan fingerprint density at radius 3 is 2.47 bits per heavy atom. The van der Waals surface area contributed by atoms with Crippen LogP contribution in [0.25, 0.3) is 0 Å². The second kappa shape index (κ2) is 6.72. The van der Waals surface area contributed by atoms with Crippen molar-refractivity contribution in [1.82, 2.24) is 0 Å². The number of ketones is 2. The molecule has 0 N–H and O–H groups in total. The van der Waals surface area contributed by atoms with E-state index in [1.165, 1.54) is 32.4 Å². The number of non-ortho nitro benzene ring substituents is 1. The number of nitro benzene ring substituents is 1. The van der Waals surface area contributed by atoms with Crippen LogP contribution in [0.15, 0.2) is 24.3 Å². The topological polar surface area (TPSA) is 95.7 Å². The molecule has 19 heavy (non-hydrogen) atoms. The Hall–Kier alpha value is -2.12. The maximum absolute atomic E-state index is 11.8. The molecule has 0 aliphatic heterocycles. The van der Waals surface area contributed by atoms with Crippen molar-refractivity contribution in [2.75, 3.05) is 14.2 Å². The summed E-state index contributed by atoms with van der Waals surface area (Å²) in [5, 5.41) is 10.6. The van der Waals surface area contributed by atoms with Gasteiger partial charge in [-0.05, 0) is 0 Å². The third kappa shape index (κ3) is 3.94.